The lowest BCUT2D eigenvalue weighted by Crippen LogP contribution is -2.21. The molecular formula is C12H22O6. The van der Waals surface area contributed by atoms with E-state index in [-0.39, 0.29) is 13.2 Å². The molecule has 0 aromatic heterocycles. The van der Waals surface area contributed by atoms with E-state index in [9.17, 15) is 9.59 Å². The molecule has 0 radical (unpaired) electrons. The van der Waals surface area contributed by atoms with Crippen molar-refractivity contribution in [3.63, 3.8) is 0 Å². The average molecular weight is 262 g/mol. The second-order valence-corrected chi connectivity index (χ2v) is 3.50. The number of hydrogen-bond donors (Lipinski definition) is 1. The molecule has 6 nitrogen and oxygen atoms in total. The Bertz CT molecular complexity index is 225. The number of unbranched alkanes of at least 4 members (excludes halogenated alkanes) is 2. The number of carbonyl (C=O) groups excluding carboxylic acids is 2. The van der Waals surface area contributed by atoms with Crippen LogP contribution in [0, 0.1) is 0 Å². The molecule has 0 saturated heterocycles. The van der Waals surface area contributed by atoms with Crippen LogP contribution in [0.15, 0.2) is 0 Å². The Hall–Kier alpha value is -1.59. The molecule has 0 aromatic carbocycles. The normalized spacial score (nSPS) is 8.83. The lowest BCUT2D eigenvalue weighted by atomic mass is 10.4. The summed E-state index contributed by atoms with van der Waals surface area (Å²) in [5.74, 6) is -2.59. The summed E-state index contributed by atoms with van der Waals surface area (Å²) in [5.41, 5.74) is 0. The lowest BCUT2D eigenvalue weighted by molar-refractivity contribution is -0.167. The summed E-state index contributed by atoms with van der Waals surface area (Å²) in [7, 11) is 0. The second-order valence-electron chi connectivity index (χ2n) is 3.50. The van der Waals surface area contributed by atoms with Gasteiger partial charge in [0.15, 0.2) is 0 Å². The summed E-state index contributed by atoms with van der Waals surface area (Å²) in [6.07, 6.45) is 3.40. The number of aliphatic carboxylic acids is 1. The maximum atomic E-state index is 10.9. The van der Waals surface area contributed by atoms with Crippen molar-refractivity contribution in [1.29, 1.82) is 0 Å². The molecule has 0 aliphatic heterocycles. The molecule has 0 rings (SSSR count). The zero-order chi connectivity index (χ0) is 14.4. The highest BCUT2D eigenvalue weighted by Gasteiger charge is 2.16. The smallest absolute Gasteiger partial charge is 0.417 e. The van der Waals surface area contributed by atoms with Crippen molar-refractivity contribution in [2.45, 2.75) is 46.5 Å². The molecule has 0 spiro atoms. The highest BCUT2D eigenvalue weighted by atomic mass is 16.6. The standard InChI is InChI=1S/C10H18O4.C2H4O2/c1-3-5-7-13-9(11)10(12)14-8-6-4-2;1-2(3)4/h3-8H2,1-2H3;1H3,(H,3,4). The zero-order valence-corrected chi connectivity index (χ0v) is 11.2. The van der Waals surface area contributed by atoms with Crippen LogP contribution in [-0.4, -0.2) is 36.2 Å². The number of esters is 2. The highest BCUT2D eigenvalue weighted by molar-refractivity contribution is 6.29. The van der Waals surface area contributed by atoms with Gasteiger partial charge in [-0.2, -0.15) is 0 Å². The molecular weight excluding hydrogens is 240 g/mol. The van der Waals surface area contributed by atoms with Crippen LogP contribution in [0.25, 0.3) is 0 Å². The van der Waals surface area contributed by atoms with Gasteiger partial charge >= 0.3 is 11.9 Å². The van der Waals surface area contributed by atoms with Crippen LogP contribution in [0.2, 0.25) is 0 Å². The molecule has 0 amide bonds. The third-order valence-electron chi connectivity index (χ3n) is 1.63. The number of rotatable bonds is 6. The first kappa shape index (κ1) is 18.8. The first-order chi connectivity index (χ1) is 8.45. The first-order valence-electron chi connectivity index (χ1n) is 5.99. The monoisotopic (exact) mass is 262 g/mol. The van der Waals surface area contributed by atoms with E-state index in [4.69, 9.17) is 9.90 Å². The molecule has 0 heterocycles. The van der Waals surface area contributed by atoms with Crippen LogP contribution in [0.3, 0.4) is 0 Å². The Morgan fingerprint density at radius 3 is 1.39 bits per heavy atom. The van der Waals surface area contributed by atoms with Crippen molar-refractivity contribution in [3.8, 4) is 0 Å². The Balaban J connectivity index is 0. The van der Waals surface area contributed by atoms with Crippen molar-refractivity contribution in [2.75, 3.05) is 13.2 Å². The van der Waals surface area contributed by atoms with Gasteiger partial charge in [0.25, 0.3) is 5.97 Å². The van der Waals surface area contributed by atoms with Crippen LogP contribution < -0.4 is 0 Å². The Labute approximate surface area is 107 Å². The molecule has 6 heteroatoms. The average Bonchev–Trinajstić information content (AvgIpc) is 2.28. The number of carboxylic acid groups (broad SMARTS) is 1. The zero-order valence-electron chi connectivity index (χ0n) is 11.2. The number of ether oxygens (including phenoxy) is 2. The van der Waals surface area contributed by atoms with Crippen LogP contribution in [0.4, 0.5) is 0 Å². The second kappa shape index (κ2) is 13.5. The van der Waals surface area contributed by atoms with Crippen molar-refractivity contribution < 1.29 is 29.0 Å². The Morgan fingerprint density at radius 1 is 0.889 bits per heavy atom. The van der Waals surface area contributed by atoms with Gasteiger partial charge in [0.1, 0.15) is 0 Å². The molecule has 1 N–H and O–H groups in total. The highest BCUT2D eigenvalue weighted by Crippen LogP contribution is 1.93. The quantitative estimate of drug-likeness (QED) is 0.445. The van der Waals surface area contributed by atoms with Gasteiger partial charge in [0.05, 0.1) is 13.2 Å². The number of hydrogen-bond acceptors (Lipinski definition) is 5. The summed E-state index contributed by atoms with van der Waals surface area (Å²) in [4.78, 5) is 30.8. The van der Waals surface area contributed by atoms with E-state index in [2.05, 4.69) is 9.47 Å². The third-order valence-corrected chi connectivity index (χ3v) is 1.63. The molecule has 0 atom stereocenters. The molecule has 0 unspecified atom stereocenters. The van der Waals surface area contributed by atoms with Gasteiger partial charge in [-0.05, 0) is 12.8 Å². The molecule has 18 heavy (non-hydrogen) atoms. The van der Waals surface area contributed by atoms with E-state index in [0.717, 1.165) is 32.6 Å². The minimum absolute atomic E-state index is 0.290. The van der Waals surface area contributed by atoms with E-state index in [0.29, 0.717) is 0 Å². The fourth-order valence-corrected chi connectivity index (χ4v) is 0.736. The first-order valence-corrected chi connectivity index (χ1v) is 5.99. The van der Waals surface area contributed by atoms with E-state index in [1.165, 1.54) is 0 Å². The molecule has 0 aliphatic rings. The number of carboxylic acids is 1. The van der Waals surface area contributed by atoms with Gasteiger partial charge in [-0.1, -0.05) is 26.7 Å². The number of carbonyl (C=O) groups is 3. The summed E-state index contributed by atoms with van der Waals surface area (Å²) < 4.78 is 9.32. The molecule has 0 fully saturated rings. The van der Waals surface area contributed by atoms with E-state index >= 15 is 0 Å². The minimum Gasteiger partial charge on any atom is -0.481 e. The van der Waals surface area contributed by atoms with Crippen molar-refractivity contribution >= 4 is 17.9 Å². The van der Waals surface area contributed by atoms with Crippen LogP contribution >= 0.6 is 0 Å². The van der Waals surface area contributed by atoms with Crippen LogP contribution in [0.1, 0.15) is 46.5 Å². The maximum Gasteiger partial charge on any atom is 0.417 e. The predicted molar refractivity (Wildman–Crippen MR) is 65.0 cm³/mol. The van der Waals surface area contributed by atoms with E-state index < -0.39 is 17.9 Å². The van der Waals surface area contributed by atoms with Crippen LogP contribution in [-0.2, 0) is 23.9 Å². The maximum absolute atomic E-state index is 10.9. The van der Waals surface area contributed by atoms with Gasteiger partial charge in [0.2, 0.25) is 0 Å². The fraction of sp³-hybridized carbons (Fsp3) is 0.750. The fourth-order valence-electron chi connectivity index (χ4n) is 0.736. The summed E-state index contributed by atoms with van der Waals surface area (Å²) >= 11 is 0. The van der Waals surface area contributed by atoms with Crippen molar-refractivity contribution in [1.82, 2.24) is 0 Å². The van der Waals surface area contributed by atoms with E-state index in [1.54, 1.807) is 0 Å². The van der Waals surface area contributed by atoms with Crippen molar-refractivity contribution in [2.24, 2.45) is 0 Å². The summed E-state index contributed by atoms with van der Waals surface area (Å²) in [6, 6.07) is 0. The molecule has 0 bridgehead atoms. The summed E-state index contributed by atoms with van der Waals surface area (Å²) in [6.45, 7) is 5.62. The SMILES string of the molecule is CC(=O)O.CCCCOC(=O)C(=O)OCCCC. The Morgan fingerprint density at radius 2 is 1.17 bits per heavy atom. The van der Waals surface area contributed by atoms with Gasteiger partial charge in [-0.3, -0.25) is 4.79 Å². The molecule has 106 valence electrons. The molecule has 0 aliphatic carbocycles. The summed E-state index contributed by atoms with van der Waals surface area (Å²) in [5, 5.41) is 7.42. The Kier molecular flexibility index (Phi) is 14.0. The van der Waals surface area contributed by atoms with Gasteiger partial charge < -0.3 is 14.6 Å². The topological polar surface area (TPSA) is 89.9 Å². The van der Waals surface area contributed by atoms with Crippen LogP contribution in [0.5, 0.6) is 0 Å². The molecule has 0 aromatic rings. The van der Waals surface area contributed by atoms with E-state index in [1.807, 2.05) is 13.8 Å². The van der Waals surface area contributed by atoms with Gasteiger partial charge in [0, 0.05) is 6.92 Å². The molecule has 0 saturated carbocycles. The predicted octanol–water partition coefficient (Wildman–Crippen LogP) is 1.76. The van der Waals surface area contributed by atoms with Gasteiger partial charge in [-0.25, -0.2) is 9.59 Å². The van der Waals surface area contributed by atoms with Crippen molar-refractivity contribution in [3.05, 3.63) is 0 Å². The largest absolute Gasteiger partial charge is 0.481 e. The minimum atomic E-state index is -0.880. The van der Waals surface area contributed by atoms with Gasteiger partial charge in [-0.15, -0.1) is 0 Å². The lowest BCUT2D eigenvalue weighted by Gasteiger charge is -2.03. The third kappa shape index (κ3) is 16.8.